The lowest BCUT2D eigenvalue weighted by Crippen LogP contribution is -2.59. The number of rotatable bonds is 5. The number of hydrogen-bond donors (Lipinski definition) is 1. The van der Waals surface area contributed by atoms with E-state index in [1.165, 1.54) is 19.1 Å². The molecule has 24 heavy (non-hydrogen) atoms. The number of piperidine rings is 2. The molecule has 0 bridgehead atoms. The largest absolute Gasteiger partial charge is 0.306 e. The predicted octanol–water partition coefficient (Wildman–Crippen LogP) is 1.37. The summed E-state index contributed by atoms with van der Waals surface area (Å²) >= 11 is 1.68. The number of likely N-dealkylation sites (tertiary alicyclic amines) is 2. The van der Waals surface area contributed by atoms with E-state index >= 15 is 0 Å². The lowest BCUT2D eigenvalue weighted by atomic mass is 9.67. The zero-order valence-corrected chi connectivity index (χ0v) is 16.2. The van der Waals surface area contributed by atoms with Gasteiger partial charge in [-0.2, -0.15) is 0 Å². The summed E-state index contributed by atoms with van der Waals surface area (Å²) < 4.78 is 26.1. The third kappa shape index (κ3) is 4.35. The Kier molecular flexibility index (Phi) is 5.61. The van der Waals surface area contributed by atoms with Crippen LogP contribution in [0, 0.1) is 5.41 Å². The SMILES string of the molecule is CN1CCC2(CCCN(Cc3nccs3)[C@@H]2CNS(C)(=O)=O)CC1. The fraction of sp³-hybridized carbons (Fsp3) is 0.812. The highest BCUT2D eigenvalue weighted by Crippen LogP contribution is 2.44. The number of aromatic nitrogens is 1. The first-order chi connectivity index (χ1) is 11.4. The Morgan fingerprint density at radius 3 is 2.71 bits per heavy atom. The molecule has 2 fully saturated rings. The molecule has 0 radical (unpaired) electrons. The molecule has 1 spiro atoms. The van der Waals surface area contributed by atoms with E-state index < -0.39 is 10.0 Å². The van der Waals surface area contributed by atoms with Gasteiger partial charge in [-0.1, -0.05) is 0 Å². The summed E-state index contributed by atoms with van der Waals surface area (Å²) in [4.78, 5) is 9.27. The van der Waals surface area contributed by atoms with Gasteiger partial charge in [-0.3, -0.25) is 4.90 Å². The molecule has 2 saturated heterocycles. The molecule has 1 aromatic heterocycles. The van der Waals surface area contributed by atoms with Crippen molar-refractivity contribution in [3.8, 4) is 0 Å². The first kappa shape index (κ1) is 18.3. The highest BCUT2D eigenvalue weighted by atomic mass is 32.2. The summed E-state index contributed by atoms with van der Waals surface area (Å²) in [6.07, 6.45) is 7.78. The second-order valence-electron chi connectivity index (χ2n) is 7.30. The van der Waals surface area contributed by atoms with E-state index in [0.29, 0.717) is 6.54 Å². The molecular formula is C16H28N4O2S2. The minimum atomic E-state index is -3.18. The van der Waals surface area contributed by atoms with Gasteiger partial charge in [0, 0.05) is 24.2 Å². The molecule has 0 aliphatic carbocycles. The maximum atomic E-state index is 11.7. The first-order valence-corrected chi connectivity index (χ1v) is 11.4. The molecule has 136 valence electrons. The Labute approximate surface area is 149 Å². The van der Waals surface area contributed by atoms with Crippen LogP contribution in [0.25, 0.3) is 0 Å². The van der Waals surface area contributed by atoms with Crippen LogP contribution in [0.3, 0.4) is 0 Å². The van der Waals surface area contributed by atoms with E-state index in [1.807, 2.05) is 11.6 Å². The third-order valence-corrected chi connectivity index (χ3v) is 7.07. The van der Waals surface area contributed by atoms with Crippen molar-refractivity contribution < 1.29 is 8.42 Å². The second kappa shape index (κ2) is 7.37. The summed E-state index contributed by atoms with van der Waals surface area (Å²) in [6, 6.07) is 0.249. The van der Waals surface area contributed by atoms with Gasteiger partial charge in [0.25, 0.3) is 0 Å². The van der Waals surface area contributed by atoms with Gasteiger partial charge in [0.05, 0.1) is 12.8 Å². The van der Waals surface area contributed by atoms with Crippen molar-refractivity contribution in [2.24, 2.45) is 5.41 Å². The highest BCUT2D eigenvalue weighted by molar-refractivity contribution is 7.88. The average molecular weight is 373 g/mol. The molecule has 1 atom stereocenters. The van der Waals surface area contributed by atoms with Gasteiger partial charge in [-0.25, -0.2) is 18.1 Å². The molecule has 1 N–H and O–H groups in total. The number of hydrogen-bond acceptors (Lipinski definition) is 6. The van der Waals surface area contributed by atoms with Crippen LogP contribution in [0.15, 0.2) is 11.6 Å². The molecule has 2 aliphatic heterocycles. The van der Waals surface area contributed by atoms with E-state index in [9.17, 15) is 8.42 Å². The van der Waals surface area contributed by atoms with Crippen LogP contribution in [-0.4, -0.2) is 68.7 Å². The molecule has 0 amide bonds. The minimum Gasteiger partial charge on any atom is -0.306 e. The number of nitrogens with zero attached hydrogens (tertiary/aromatic N) is 3. The maximum Gasteiger partial charge on any atom is 0.208 e. The number of sulfonamides is 1. The topological polar surface area (TPSA) is 65.5 Å². The molecule has 2 aliphatic rings. The van der Waals surface area contributed by atoms with E-state index in [0.717, 1.165) is 44.0 Å². The summed E-state index contributed by atoms with van der Waals surface area (Å²) in [5.74, 6) is 0. The van der Waals surface area contributed by atoms with Gasteiger partial charge in [-0.05, 0) is 57.8 Å². The Hall–Kier alpha value is -0.540. The highest BCUT2D eigenvalue weighted by Gasteiger charge is 2.45. The van der Waals surface area contributed by atoms with Gasteiger partial charge < -0.3 is 4.90 Å². The van der Waals surface area contributed by atoms with Crippen LogP contribution in [0.4, 0.5) is 0 Å². The van der Waals surface area contributed by atoms with Crippen molar-refractivity contribution in [2.45, 2.75) is 38.3 Å². The maximum absolute atomic E-state index is 11.7. The van der Waals surface area contributed by atoms with Gasteiger partial charge in [0.1, 0.15) is 5.01 Å². The van der Waals surface area contributed by atoms with Crippen LogP contribution < -0.4 is 4.72 Å². The van der Waals surface area contributed by atoms with Crippen LogP contribution in [0.2, 0.25) is 0 Å². The summed E-state index contributed by atoms with van der Waals surface area (Å²) in [5, 5.41) is 3.12. The lowest BCUT2D eigenvalue weighted by Gasteiger charge is -2.53. The van der Waals surface area contributed by atoms with Crippen LogP contribution in [-0.2, 0) is 16.6 Å². The molecule has 3 heterocycles. The Morgan fingerprint density at radius 1 is 1.33 bits per heavy atom. The van der Waals surface area contributed by atoms with E-state index in [2.05, 4.69) is 26.6 Å². The van der Waals surface area contributed by atoms with Crippen molar-refractivity contribution in [1.82, 2.24) is 19.5 Å². The summed E-state index contributed by atoms with van der Waals surface area (Å²) in [5.41, 5.74) is 0.222. The van der Waals surface area contributed by atoms with Crippen molar-refractivity contribution in [2.75, 3.05) is 39.5 Å². The van der Waals surface area contributed by atoms with Crippen molar-refractivity contribution >= 4 is 21.4 Å². The summed E-state index contributed by atoms with van der Waals surface area (Å²) in [7, 11) is -1.00. The lowest BCUT2D eigenvalue weighted by molar-refractivity contribution is -0.0293. The Bertz CT molecular complexity index is 625. The monoisotopic (exact) mass is 372 g/mol. The predicted molar refractivity (Wildman–Crippen MR) is 97.6 cm³/mol. The Morgan fingerprint density at radius 2 is 2.08 bits per heavy atom. The molecular weight excluding hydrogens is 344 g/mol. The fourth-order valence-corrected chi connectivity index (χ4v) is 5.36. The zero-order valence-electron chi connectivity index (χ0n) is 14.6. The van der Waals surface area contributed by atoms with Crippen molar-refractivity contribution in [3.05, 3.63) is 16.6 Å². The van der Waals surface area contributed by atoms with E-state index in [-0.39, 0.29) is 11.5 Å². The number of nitrogens with one attached hydrogen (secondary N) is 1. The van der Waals surface area contributed by atoms with Crippen LogP contribution in [0.5, 0.6) is 0 Å². The van der Waals surface area contributed by atoms with Crippen molar-refractivity contribution in [1.29, 1.82) is 0 Å². The van der Waals surface area contributed by atoms with Gasteiger partial charge in [-0.15, -0.1) is 11.3 Å². The zero-order chi connectivity index (χ0) is 17.2. The van der Waals surface area contributed by atoms with E-state index in [1.54, 1.807) is 11.3 Å². The van der Waals surface area contributed by atoms with Crippen LogP contribution in [0.1, 0.15) is 30.7 Å². The third-order valence-electron chi connectivity index (χ3n) is 5.61. The van der Waals surface area contributed by atoms with Gasteiger partial charge in [0.15, 0.2) is 0 Å². The van der Waals surface area contributed by atoms with Crippen molar-refractivity contribution in [3.63, 3.8) is 0 Å². The standard InChI is InChI=1S/C16H28N4O2S2/c1-19-9-5-16(6-10-19)4-3-8-20(13-15-17-7-11-23-15)14(16)12-18-24(2,21)22/h7,11,14,18H,3-6,8-10,12-13H2,1-2H3/t14-/m1/s1. The average Bonchev–Trinajstić information content (AvgIpc) is 3.02. The molecule has 3 rings (SSSR count). The van der Waals surface area contributed by atoms with Gasteiger partial charge in [0.2, 0.25) is 10.0 Å². The summed E-state index contributed by atoms with van der Waals surface area (Å²) in [6.45, 7) is 4.55. The molecule has 0 unspecified atom stereocenters. The normalized spacial score (nSPS) is 26.0. The van der Waals surface area contributed by atoms with Crippen LogP contribution >= 0.6 is 11.3 Å². The van der Waals surface area contributed by atoms with Gasteiger partial charge >= 0.3 is 0 Å². The van der Waals surface area contributed by atoms with E-state index in [4.69, 9.17) is 0 Å². The fourth-order valence-electron chi connectivity index (χ4n) is 4.26. The minimum absolute atomic E-state index is 0.222. The smallest absolute Gasteiger partial charge is 0.208 e. The molecule has 0 aromatic carbocycles. The Balaban J connectivity index is 1.80. The number of thiazole rings is 1. The molecule has 8 heteroatoms. The second-order valence-corrected chi connectivity index (χ2v) is 10.1. The molecule has 0 saturated carbocycles. The quantitative estimate of drug-likeness (QED) is 0.846. The molecule has 1 aromatic rings. The molecule has 6 nitrogen and oxygen atoms in total. The first-order valence-electron chi connectivity index (χ1n) is 8.64.